The van der Waals surface area contributed by atoms with Crippen molar-refractivity contribution in [2.75, 3.05) is 0 Å². The van der Waals surface area contributed by atoms with Gasteiger partial charge in [-0.2, -0.15) is 0 Å². The molecule has 0 aliphatic heterocycles. The van der Waals surface area contributed by atoms with Gasteiger partial charge in [-0.25, -0.2) is 4.79 Å². The van der Waals surface area contributed by atoms with E-state index in [9.17, 15) is 14.4 Å². The molecule has 2 N–H and O–H groups in total. The van der Waals surface area contributed by atoms with Gasteiger partial charge in [0.15, 0.2) is 5.78 Å². The zero-order chi connectivity index (χ0) is 17.4. The maximum Gasteiger partial charge on any atom is 0.341 e. The molecule has 0 fully saturated rings. The molecule has 0 amide bonds. The highest BCUT2D eigenvalue weighted by Crippen LogP contribution is 2.32. The van der Waals surface area contributed by atoms with Gasteiger partial charge in [0.05, 0.1) is 0 Å². The van der Waals surface area contributed by atoms with Gasteiger partial charge in [0.25, 0.3) is 5.56 Å². The lowest BCUT2D eigenvalue weighted by Gasteiger charge is -2.24. The summed E-state index contributed by atoms with van der Waals surface area (Å²) in [5, 5.41) is 9.02. The van der Waals surface area contributed by atoms with Crippen molar-refractivity contribution >= 4 is 11.8 Å². The Morgan fingerprint density at radius 2 is 1.83 bits per heavy atom. The van der Waals surface area contributed by atoms with E-state index in [4.69, 9.17) is 5.11 Å². The van der Waals surface area contributed by atoms with Gasteiger partial charge in [-0.15, -0.1) is 0 Å². The van der Waals surface area contributed by atoms with Gasteiger partial charge in [-0.05, 0) is 35.4 Å². The minimum Gasteiger partial charge on any atom is -0.477 e. The first-order valence-electron chi connectivity index (χ1n) is 7.99. The molecule has 3 rings (SSSR count). The molecule has 0 saturated carbocycles. The summed E-state index contributed by atoms with van der Waals surface area (Å²) in [6.45, 7) is 4.25. The smallest absolute Gasteiger partial charge is 0.341 e. The number of pyridine rings is 1. The maximum absolute atomic E-state index is 12.4. The van der Waals surface area contributed by atoms with Crippen molar-refractivity contribution in [3.8, 4) is 0 Å². The van der Waals surface area contributed by atoms with Crippen LogP contribution in [0.2, 0.25) is 0 Å². The number of benzene rings is 1. The summed E-state index contributed by atoms with van der Waals surface area (Å²) >= 11 is 0. The molecule has 1 aliphatic carbocycles. The van der Waals surface area contributed by atoms with Crippen LogP contribution in [0.5, 0.6) is 0 Å². The summed E-state index contributed by atoms with van der Waals surface area (Å²) in [7, 11) is 0. The van der Waals surface area contributed by atoms with Crippen LogP contribution in [0.25, 0.3) is 0 Å². The summed E-state index contributed by atoms with van der Waals surface area (Å²) in [4.78, 5) is 37.9. The van der Waals surface area contributed by atoms with Gasteiger partial charge in [0.1, 0.15) is 5.56 Å². The molecule has 0 radical (unpaired) electrons. The van der Waals surface area contributed by atoms with E-state index < -0.39 is 11.5 Å². The van der Waals surface area contributed by atoms with Crippen molar-refractivity contribution in [1.82, 2.24) is 4.98 Å². The van der Waals surface area contributed by atoms with E-state index >= 15 is 0 Å². The van der Waals surface area contributed by atoms with Crippen LogP contribution in [-0.4, -0.2) is 21.8 Å². The summed E-state index contributed by atoms with van der Waals surface area (Å²) in [5.74, 6) is -1.01. The molecular weight excluding hydrogens is 306 g/mol. The highest BCUT2D eigenvalue weighted by Gasteiger charge is 2.28. The zero-order valence-electron chi connectivity index (χ0n) is 13.6. The topological polar surface area (TPSA) is 87.2 Å². The van der Waals surface area contributed by atoms with E-state index in [2.05, 4.69) is 31.0 Å². The van der Waals surface area contributed by atoms with Gasteiger partial charge in [0, 0.05) is 17.7 Å². The van der Waals surface area contributed by atoms with E-state index in [0.29, 0.717) is 30.0 Å². The summed E-state index contributed by atoms with van der Waals surface area (Å²) in [5.41, 5.74) is 2.09. The molecular formula is C19H19NO4. The maximum atomic E-state index is 12.4. The molecule has 1 heterocycles. The third kappa shape index (κ3) is 2.89. The standard InChI is InChI=1S/C19H19NO4/c1-10(2)11-3-5-12(6-4-11)13-7-16-14(17(21)8-13)9-15(19(23)24)18(22)20-16/h3-6,9-10,13H,7-8H2,1-2H3,(H,20,22)(H,23,24)/t13-/m0/s1. The first-order chi connectivity index (χ1) is 11.4. The Labute approximate surface area is 139 Å². The monoisotopic (exact) mass is 325 g/mol. The molecule has 24 heavy (non-hydrogen) atoms. The molecule has 2 aromatic rings. The van der Waals surface area contributed by atoms with E-state index in [-0.39, 0.29) is 17.3 Å². The summed E-state index contributed by atoms with van der Waals surface area (Å²) in [6.07, 6.45) is 0.844. The van der Waals surface area contributed by atoms with Crippen molar-refractivity contribution in [1.29, 1.82) is 0 Å². The number of carboxylic acid groups (broad SMARTS) is 1. The lowest BCUT2D eigenvalue weighted by atomic mass is 9.81. The number of nitrogens with one attached hydrogen (secondary N) is 1. The molecule has 5 nitrogen and oxygen atoms in total. The number of fused-ring (bicyclic) bond motifs is 1. The Balaban J connectivity index is 1.94. The number of H-pyrrole nitrogens is 1. The van der Waals surface area contributed by atoms with E-state index in [1.165, 1.54) is 11.6 Å². The minimum absolute atomic E-state index is 0.00228. The quantitative estimate of drug-likeness (QED) is 0.907. The summed E-state index contributed by atoms with van der Waals surface area (Å²) in [6, 6.07) is 9.40. The average molecular weight is 325 g/mol. The molecule has 1 aromatic heterocycles. The average Bonchev–Trinajstić information content (AvgIpc) is 2.53. The number of carbonyl (C=O) groups is 2. The van der Waals surface area contributed by atoms with Crippen LogP contribution < -0.4 is 5.56 Å². The predicted octanol–water partition coefficient (Wildman–Crippen LogP) is 3.11. The fourth-order valence-corrected chi connectivity index (χ4v) is 3.18. The number of hydrogen-bond acceptors (Lipinski definition) is 3. The van der Waals surface area contributed by atoms with Gasteiger partial charge < -0.3 is 10.1 Å². The summed E-state index contributed by atoms with van der Waals surface area (Å²) < 4.78 is 0. The highest BCUT2D eigenvalue weighted by molar-refractivity contribution is 6.00. The number of aromatic nitrogens is 1. The molecule has 1 aromatic carbocycles. The van der Waals surface area contributed by atoms with E-state index in [1.807, 2.05) is 12.1 Å². The van der Waals surface area contributed by atoms with Crippen LogP contribution in [0.15, 0.2) is 35.1 Å². The van der Waals surface area contributed by atoms with Gasteiger partial charge >= 0.3 is 5.97 Å². The molecule has 0 bridgehead atoms. The Hall–Kier alpha value is -2.69. The molecule has 1 atom stereocenters. The van der Waals surface area contributed by atoms with Crippen LogP contribution in [0.1, 0.15) is 69.6 Å². The molecule has 0 saturated heterocycles. The lowest BCUT2D eigenvalue weighted by molar-refractivity contribution is 0.0695. The Kier molecular flexibility index (Phi) is 4.09. The Bertz CT molecular complexity index is 862. The third-order valence-electron chi connectivity index (χ3n) is 4.61. The van der Waals surface area contributed by atoms with E-state index in [1.54, 1.807) is 0 Å². The number of carbonyl (C=O) groups excluding carboxylic acids is 1. The number of hydrogen-bond donors (Lipinski definition) is 2. The molecule has 5 heteroatoms. The van der Waals surface area contributed by atoms with Crippen molar-refractivity contribution in [3.63, 3.8) is 0 Å². The SMILES string of the molecule is CC(C)c1ccc([C@@H]2CC(=O)c3cc(C(=O)O)c(=O)[nH]c3C2)cc1. The number of aromatic amines is 1. The number of carboxylic acids is 1. The fourth-order valence-electron chi connectivity index (χ4n) is 3.18. The highest BCUT2D eigenvalue weighted by atomic mass is 16.4. The van der Waals surface area contributed by atoms with Gasteiger partial charge in [-0.1, -0.05) is 38.1 Å². The normalized spacial score (nSPS) is 17.0. The Morgan fingerprint density at radius 1 is 1.17 bits per heavy atom. The number of ketones is 1. The van der Waals surface area contributed by atoms with Crippen molar-refractivity contribution < 1.29 is 14.7 Å². The third-order valence-corrected chi connectivity index (χ3v) is 4.61. The zero-order valence-corrected chi connectivity index (χ0v) is 13.6. The number of Topliss-reactive ketones (excluding diaryl/α,β-unsaturated/α-hetero) is 1. The first kappa shape index (κ1) is 16.2. The lowest BCUT2D eigenvalue weighted by Crippen LogP contribution is -2.27. The van der Waals surface area contributed by atoms with Crippen LogP contribution in [0, 0.1) is 0 Å². The van der Waals surface area contributed by atoms with Crippen molar-refractivity contribution in [2.45, 2.75) is 38.5 Å². The van der Waals surface area contributed by atoms with Crippen LogP contribution in [0.4, 0.5) is 0 Å². The van der Waals surface area contributed by atoms with Crippen LogP contribution in [-0.2, 0) is 6.42 Å². The fraction of sp³-hybridized carbons (Fsp3) is 0.316. The second kappa shape index (κ2) is 6.07. The van der Waals surface area contributed by atoms with Gasteiger partial charge in [-0.3, -0.25) is 9.59 Å². The van der Waals surface area contributed by atoms with Crippen LogP contribution >= 0.6 is 0 Å². The van der Waals surface area contributed by atoms with E-state index in [0.717, 1.165) is 5.56 Å². The molecule has 0 spiro atoms. The predicted molar refractivity (Wildman–Crippen MR) is 89.9 cm³/mol. The largest absolute Gasteiger partial charge is 0.477 e. The number of rotatable bonds is 3. The second-order valence-corrected chi connectivity index (χ2v) is 6.56. The van der Waals surface area contributed by atoms with Crippen LogP contribution in [0.3, 0.4) is 0 Å². The van der Waals surface area contributed by atoms with Crippen molar-refractivity contribution in [2.24, 2.45) is 0 Å². The van der Waals surface area contributed by atoms with Crippen molar-refractivity contribution in [3.05, 3.63) is 68.6 Å². The van der Waals surface area contributed by atoms with Gasteiger partial charge in [0.2, 0.25) is 0 Å². The minimum atomic E-state index is -1.32. The molecule has 124 valence electrons. The number of aromatic carboxylic acids is 1. The molecule has 1 aliphatic rings. The second-order valence-electron chi connectivity index (χ2n) is 6.56. The Morgan fingerprint density at radius 3 is 2.42 bits per heavy atom. The molecule has 0 unspecified atom stereocenters. The first-order valence-corrected chi connectivity index (χ1v) is 7.99.